The molecular weight excluding hydrogens is 458 g/mol. The van der Waals surface area contributed by atoms with E-state index < -0.39 is 0 Å². The maximum Gasteiger partial charge on any atom is 0.191 e. The zero-order valence-electron chi connectivity index (χ0n) is 15.7. The Hall–Kier alpha value is -1.61. The molecule has 5 nitrogen and oxygen atoms in total. The Morgan fingerprint density at radius 2 is 2.19 bits per heavy atom. The van der Waals surface area contributed by atoms with Gasteiger partial charge >= 0.3 is 0 Å². The molecule has 0 atom stereocenters. The van der Waals surface area contributed by atoms with Gasteiger partial charge in [0.15, 0.2) is 5.96 Å². The Kier molecular flexibility index (Phi) is 9.06. The zero-order valence-corrected chi connectivity index (χ0v) is 18.0. The summed E-state index contributed by atoms with van der Waals surface area (Å²) in [4.78, 5) is 7.83. The van der Waals surface area contributed by atoms with E-state index in [1.54, 1.807) is 12.1 Å². The summed E-state index contributed by atoms with van der Waals surface area (Å²) in [5.74, 6) is 0.616. The molecule has 0 fully saturated rings. The topological polar surface area (TPSA) is 61.4 Å². The van der Waals surface area contributed by atoms with Crippen molar-refractivity contribution in [1.82, 2.24) is 15.6 Å². The first-order chi connectivity index (χ1) is 12.8. The number of nitrogens with zero attached hydrogens (tertiary/aromatic N) is 1. The number of aliphatic imine (C=N–C) groups is 1. The average molecular weight is 486 g/mol. The third kappa shape index (κ3) is 6.49. The van der Waals surface area contributed by atoms with Crippen molar-refractivity contribution in [3.63, 3.8) is 0 Å². The first kappa shape index (κ1) is 21.7. The second kappa shape index (κ2) is 11.3. The number of H-pyrrole nitrogens is 1. The lowest BCUT2D eigenvalue weighted by atomic mass is 10.1. The SMILES string of the molecule is CCNC(=NCCc1c[nH]c2ccc(F)cc12)NCCC1=CCOCC1.I. The Labute approximate surface area is 176 Å². The predicted octanol–water partition coefficient (Wildman–Crippen LogP) is 3.76. The molecule has 0 amide bonds. The van der Waals surface area contributed by atoms with Crippen LogP contribution in [0.25, 0.3) is 10.9 Å². The number of hydrogen-bond donors (Lipinski definition) is 3. The number of nitrogens with one attached hydrogen (secondary N) is 3. The molecule has 0 saturated heterocycles. The third-order valence-electron chi connectivity index (χ3n) is 4.52. The highest BCUT2D eigenvalue weighted by atomic mass is 127. The van der Waals surface area contributed by atoms with Crippen LogP contribution in [-0.4, -0.2) is 43.8 Å². The fourth-order valence-electron chi connectivity index (χ4n) is 3.12. The molecule has 0 radical (unpaired) electrons. The van der Waals surface area contributed by atoms with Gasteiger partial charge in [-0.3, -0.25) is 4.99 Å². The molecule has 2 aromatic rings. The minimum Gasteiger partial charge on any atom is -0.377 e. The van der Waals surface area contributed by atoms with E-state index in [9.17, 15) is 4.39 Å². The number of aromatic nitrogens is 1. The maximum absolute atomic E-state index is 13.5. The smallest absolute Gasteiger partial charge is 0.191 e. The number of fused-ring (bicyclic) bond motifs is 1. The van der Waals surface area contributed by atoms with Crippen LogP contribution in [0.2, 0.25) is 0 Å². The summed E-state index contributed by atoms with van der Waals surface area (Å²) >= 11 is 0. The van der Waals surface area contributed by atoms with Crippen LogP contribution in [0.3, 0.4) is 0 Å². The van der Waals surface area contributed by atoms with Crippen LogP contribution in [0.5, 0.6) is 0 Å². The molecule has 27 heavy (non-hydrogen) atoms. The number of rotatable bonds is 7. The van der Waals surface area contributed by atoms with Crippen LogP contribution in [0.1, 0.15) is 25.3 Å². The number of guanidine groups is 1. The maximum atomic E-state index is 13.5. The van der Waals surface area contributed by atoms with Crippen LogP contribution in [-0.2, 0) is 11.2 Å². The van der Waals surface area contributed by atoms with Crippen molar-refractivity contribution in [3.05, 3.63) is 47.4 Å². The van der Waals surface area contributed by atoms with Gasteiger partial charge in [0.1, 0.15) is 5.82 Å². The van der Waals surface area contributed by atoms with Gasteiger partial charge in [0, 0.05) is 36.7 Å². The summed E-state index contributed by atoms with van der Waals surface area (Å²) in [6.45, 7) is 5.94. The van der Waals surface area contributed by atoms with E-state index in [2.05, 4.69) is 33.6 Å². The van der Waals surface area contributed by atoms with Gasteiger partial charge in [0.2, 0.25) is 0 Å². The van der Waals surface area contributed by atoms with E-state index in [-0.39, 0.29) is 29.8 Å². The monoisotopic (exact) mass is 486 g/mol. The van der Waals surface area contributed by atoms with Crippen molar-refractivity contribution in [1.29, 1.82) is 0 Å². The van der Waals surface area contributed by atoms with E-state index in [1.165, 1.54) is 11.6 Å². The molecule has 1 aliphatic heterocycles. The summed E-state index contributed by atoms with van der Waals surface area (Å²) < 4.78 is 18.8. The molecule has 3 rings (SSSR count). The van der Waals surface area contributed by atoms with Crippen molar-refractivity contribution >= 4 is 40.8 Å². The van der Waals surface area contributed by atoms with Gasteiger partial charge in [0.05, 0.1) is 13.2 Å². The fourth-order valence-corrected chi connectivity index (χ4v) is 3.12. The van der Waals surface area contributed by atoms with Gasteiger partial charge in [-0.15, -0.1) is 24.0 Å². The molecule has 0 spiro atoms. The summed E-state index contributed by atoms with van der Waals surface area (Å²) in [6, 6.07) is 4.83. The van der Waals surface area contributed by atoms with E-state index >= 15 is 0 Å². The summed E-state index contributed by atoms with van der Waals surface area (Å²) in [5.41, 5.74) is 3.49. The normalized spacial score (nSPS) is 14.6. The molecule has 0 aliphatic carbocycles. The third-order valence-corrected chi connectivity index (χ3v) is 4.52. The standard InChI is InChI=1S/C20H27FN4O.HI/c1-2-22-20(23-9-5-15-7-11-26-12-8-15)24-10-6-16-14-25-19-4-3-17(21)13-18(16)19;/h3-4,7,13-14,25H,2,5-6,8-12H2,1H3,(H2,22,23,24);1H. The van der Waals surface area contributed by atoms with Crippen LogP contribution < -0.4 is 10.6 Å². The quantitative estimate of drug-likeness (QED) is 0.242. The second-order valence-electron chi connectivity index (χ2n) is 6.38. The summed E-state index contributed by atoms with van der Waals surface area (Å²) in [6.07, 6.45) is 6.91. The molecule has 0 bridgehead atoms. The van der Waals surface area contributed by atoms with Gasteiger partial charge in [-0.1, -0.05) is 11.6 Å². The minimum atomic E-state index is -0.209. The molecule has 148 valence electrons. The molecule has 1 aromatic heterocycles. The average Bonchev–Trinajstić information content (AvgIpc) is 3.05. The number of ether oxygens (including phenoxy) is 1. The van der Waals surface area contributed by atoms with Crippen LogP contribution in [0.15, 0.2) is 41.0 Å². The molecule has 1 aromatic carbocycles. The van der Waals surface area contributed by atoms with Crippen molar-refractivity contribution in [2.24, 2.45) is 4.99 Å². The minimum absolute atomic E-state index is 0. The highest BCUT2D eigenvalue weighted by molar-refractivity contribution is 14.0. The van der Waals surface area contributed by atoms with Gasteiger partial charge in [-0.2, -0.15) is 0 Å². The Morgan fingerprint density at radius 1 is 1.30 bits per heavy atom. The van der Waals surface area contributed by atoms with E-state index in [1.807, 2.05) is 6.20 Å². The number of benzene rings is 1. The van der Waals surface area contributed by atoms with Crippen molar-refractivity contribution < 1.29 is 9.13 Å². The molecule has 2 heterocycles. The van der Waals surface area contributed by atoms with Gasteiger partial charge in [0.25, 0.3) is 0 Å². The molecular formula is C20H28FIN4O. The lowest BCUT2D eigenvalue weighted by molar-refractivity contribution is 0.153. The van der Waals surface area contributed by atoms with Crippen molar-refractivity contribution in [2.45, 2.75) is 26.2 Å². The Bertz CT molecular complexity index is 787. The van der Waals surface area contributed by atoms with Crippen LogP contribution in [0.4, 0.5) is 4.39 Å². The highest BCUT2D eigenvalue weighted by Gasteiger charge is 2.06. The largest absolute Gasteiger partial charge is 0.377 e. The lowest BCUT2D eigenvalue weighted by Gasteiger charge is -2.15. The van der Waals surface area contributed by atoms with E-state index in [0.717, 1.165) is 68.0 Å². The van der Waals surface area contributed by atoms with Gasteiger partial charge in [-0.25, -0.2) is 4.39 Å². The predicted molar refractivity (Wildman–Crippen MR) is 119 cm³/mol. The summed E-state index contributed by atoms with van der Waals surface area (Å²) in [7, 11) is 0. The van der Waals surface area contributed by atoms with Crippen LogP contribution >= 0.6 is 24.0 Å². The fraction of sp³-hybridized carbons (Fsp3) is 0.450. The molecule has 3 N–H and O–H groups in total. The van der Waals surface area contributed by atoms with Crippen molar-refractivity contribution in [2.75, 3.05) is 32.8 Å². The van der Waals surface area contributed by atoms with E-state index in [0.29, 0.717) is 6.54 Å². The Balaban J connectivity index is 0.00000261. The van der Waals surface area contributed by atoms with E-state index in [4.69, 9.17) is 4.74 Å². The second-order valence-corrected chi connectivity index (χ2v) is 6.38. The molecule has 0 unspecified atom stereocenters. The molecule has 7 heteroatoms. The van der Waals surface area contributed by atoms with Crippen molar-refractivity contribution in [3.8, 4) is 0 Å². The Morgan fingerprint density at radius 3 is 2.96 bits per heavy atom. The molecule has 1 aliphatic rings. The molecule has 0 saturated carbocycles. The summed E-state index contributed by atoms with van der Waals surface area (Å²) in [5, 5.41) is 7.59. The lowest BCUT2D eigenvalue weighted by Crippen LogP contribution is -2.38. The first-order valence-corrected chi connectivity index (χ1v) is 9.29. The number of hydrogen-bond acceptors (Lipinski definition) is 2. The number of halogens is 2. The highest BCUT2D eigenvalue weighted by Crippen LogP contribution is 2.19. The van der Waals surface area contributed by atoms with Gasteiger partial charge < -0.3 is 20.4 Å². The first-order valence-electron chi connectivity index (χ1n) is 9.29. The zero-order chi connectivity index (χ0) is 18.2. The van der Waals surface area contributed by atoms with Crippen LogP contribution in [0, 0.1) is 5.82 Å². The van der Waals surface area contributed by atoms with Gasteiger partial charge in [-0.05, 0) is 49.9 Å². The number of aromatic amines is 1.